The number of fused-ring (bicyclic) bond motifs is 1. The van der Waals surface area contributed by atoms with Gasteiger partial charge in [-0.15, -0.1) is 11.3 Å². The first-order valence-electron chi connectivity index (χ1n) is 7.14. The van der Waals surface area contributed by atoms with Gasteiger partial charge in [-0.1, -0.05) is 6.92 Å². The Morgan fingerprint density at radius 2 is 2.38 bits per heavy atom. The lowest BCUT2D eigenvalue weighted by molar-refractivity contribution is -0.121. The lowest BCUT2D eigenvalue weighted by Crippen LogP contribution is -2.27. The maximum atomic E-state index is 11.4. The van der Waals surface area contributed by atoms with Gasteiger partial charge in [0.2, 0.25) is 11.9 Å². The average molecular weight is 305 g/mol. The SMILES string of the molecule is CCc1cc2c(N3CCC(C(N)=O)C3)nc(NC)nc2s1. The number of amides is 1. The van der Waals surface area contributed by atoms with Gasteiger partial charge >= 0.3 is 0 Å². The van der Waals surface area contributed by atoms with Gasteiger partial charge in [0.1, 0.15) is 10.6 Å². The van der Waals surface area contributed by atoms with Crippen LogP contribution < -0.4 is 16.0 Å². The smallest absolute Gasteiger partial charge is 0.225 e. The Kier molecular flexibility index (Phi) is 3.67. The zero-order valence-corrected chi connectivity index (χ0v) is 13.0. The Hall–Kier alpha value is -1.89. The minimum atomic E-state index is -0.226. The number of anilines is 2. The number of carbonyl (C=O) groups is 1. The van der Waals surface area contributed by atoms with Crippen molar-refractivity contribution in [2.24, 2.45) is 11.7 Å². The van der Waals surface area contributed by atoms with E-state index in [2.05, 4.69) is 33.2 Å². The predicted octanol–water partition coefficient (Wildman–Crippen LogP) is 1.61. The molecule has 1 aliphatic heterocycles. The van der Waals surface area contributed by atoms with Gasteiger partial charge in [0.15, 0.2) is 0 Å². The number of carbonyl (C=O) groups excluding carboxylic acids is 1. The summed E-state index contributed by atoms with van der Waals surface area (Å²) in [6.45, 7) is 3.58. The number of rotatable bonds is 4. The van der Waals surface area contributed by atoms with Crippen LogP contribution in [-0.2, 0) is 11.2 Å². The van der Waals surface area contributed by atoms with E-state index in [0.29, 0.717) is 12.5 Å². The molecule has 112 valence electrons. The molecule has 3 heterocycles. The van der Waals surface area contributed by atoms with Gasteiger partial charge in [-0.3, -0.25) is 4.79 Å². The second-order valence-electron chi connectivity index (χ2n) is 5.24. The standard InChI is InChI=1S/C14H19N5OS/c1-3-9-6-10-12(17-14(16-2)18-13(10)21-9)19-5-4-8(7-19)11(15)20/h6,8H,3-5,7H2,1-2H3,(H2,15,20)(H,16,17,18). The summed E-state index contributed by atoms with van der Waals surface area (Å²) in [6, 6.07) is 2.16. The van der Waals surface area contributed by atoms with Gasteiger partial charge in [-0.25, -0.2) is 4.98 Å². The molecule has 0 aromatic carbocycles. The van der Waals surface area contributed by atoms with E-state index in [1.807, 2.05) is 7.05 Å². The molecule has 1 unspecified atom stereocenters. The lowest BCUT2D eigenvalue weighted by Gasteiger charge is -2.18. The fourth-order valence-corrected chi connectivity index (χ4v) is 3.63. The van der Waals surface area contributed by atoms with Crippen LogP contribution >= 0.6 is 11.3 Å². The highest BCUT2D eigenvalue weighted by Gasteiger charge is 2.29. The molecule has 0 spiro atoms. The van der Waals surface area contributed by atoms with Crippen LogP contribution in [0.2, 0.25) is 0 Å². The molecule has 0 bridgehead atoms. The highest BCUT2D eigenvalue weighted by atomic mass is 32.1. The first-order valence-corrected chi connectivity index (χ1v) is 7.96. The minimum absolute atomic E-state index is 0.0858. The van der Waals surface area contributed by atoms with E-state index in [1.165, 1.54) is 4.88 Å². The van der Waals surface area contributed by atoms with Crippen molar-refractivity contribution < 1.29 is 4.79 Å². The van der Waals surface area contributed by atoms with Crippen LogP contribution in [0.4, 0.5) is 11.8 Å². The van der Waals surface area contributed by atoms with Crippen LogP contribution in [0, 0.1) is 5.92 Å². The highest BCUT2D eigenvalue weighted by Crippen LogP contribution is 2.34. The largest absolute Gasteiger partial charge is 0.369 e. The van der Waals surface area contributed by atoms with E-state index in [9.17, 15) is 4.79 Å². The third kappa shape index (κ3) is 2.53. The first kappa shape index (κ1) is 14.1. The number of hydrogen-bond donors (Lipinski definition) is 2. The molecule has 1 atom stereocenters. The van der Waals surface area contributed by atoms with Crippen LogP contribution in [-0.4, -0.2) is 36.0 Å². The average Bonchev–Trinajstić information content (AvgIpc) is 3.12. The van der Waals surface area contributed by atoms with Crippen molar-refractivity contribution in [1.29, 1.82) is 0 Å². The third-order valence-electron chi connectivity index (χ3n) is 3.89. The number of nitrogens with two attached hydrogens (primary N) is 1. The van der Waals surface area contributed by atoms with Crippen molar-refractivity contribution in [1.82, 2.24) is 9.97 Å². The van der Waals surface area contributed by atoms with Gasteiger partial charge in [0.05, 0.1) is 11.3 Å². The van der Waals surface area contributed by atoms with Crippen LogP contribution in [0.1, 0.15) is 18.2 Å². The molecule has 1 fully saturated rings. The molecule has 3 N–H and O–H groups in total. The summed E-state index contributed by atoms with van der Waals surface area (Å²) in [5.41, 5.74) is 5.42. The van der Waals surface area contributed by atoms with E-state index in [1.54, 1.807) is 11.3 Å². The number of aryl methyl sites for hydroxylation is 1. The maximum absolute atomic E-state index is 11.4. The van der Waals surface area contributed by atoms with E-state index in [0.717, 1.165) is 35.4 Å². The Morgan fingerprint density at radius 3 is 3.00 bits per heavy atom. The number of nitrogens with one attached hydrogen (secondary N) is 1. The topological polar surface area (TPSA) is 84.1 Å². The van der Waals surface area contributed by atoms with E-state index < -0.39 is 0 Å². The summed E-state index contributed by atoms with van der Waals surface area (Å²) < 4.78 is 0. The highest BCUT2D eigenvalue weighted by molar-refractivity contribution is 7.18. The van der Waals surface area contributed by atoms with E-state index in [-0.39, 0.29) is 11.8 Å². The minimum Gasteiger partial charge on any atom is -0.369 e. The van der Waals surface area contributed by atoms with Crippen molar-refractivity contribution in [2.45, 2.75) is 19.8 Å². The molecule has 21 heavy (non-hydrogen) atoms. The molecule has 1 aliphatic rings. The molecule has 6 nitrogen and oxygen atoms in total. The van der Waals surface area contributed by atoms with Crippen LogP contribution in [0.15, 0.2) is 6.07 Å². The normalized spacial score (nSPS) is 18.4. The molecule has 0 saturated carbocycles. The van der Waals surface area contributed by atoms with Crippen molar-refractivity contribution in [3.8, 4) is 0 Å². The number of hydrogen-bond acceptors (Lipinski definition) is 6. The summed E-state index contributed by atoms with van der Waals surface area (Å²) in [7, 11) is 1.81. The number of thiophene rings is 1. The van der Waals surface area contributed by atoms with Gasteiger partial charge < -0.3 is 16.0 Å². The lowest BCUT2D eigenvalue weighted by atomic mass is 10.1. The second kappa shape index (κ2) is 5.48. The summed E-state index contributed by atoms with van der Waals surface area (Å²) in [4.78, 5) is 24.9. The van der Waals surface area contributed by atoms with Gasteiger partial charge in [0.25, 0.3) is 0 Å². The van der Waals surface area contributed by atoms with Crippen molar-refractivity contribution >= 4 is 39.2 Å². The fraction of sp³-hybridized carbons (Fsp3) is 0.500. The molecular weight excluding hydrogens is 286 g/mol. The zero-order chi connectivity index (χ0) is 15.0. The second-order valence-corrected chi connectivity index (χ2v) is 6.36. The van der Waals surface area contributed by atoms with Crippen molar-refractivity contribution in [3.63, 3.8) is 0 Å². The summed E-state index contributed by atoms with van der Waals surface area (Å²) in [5, 5.41) is 4.08. The Bertz CT molecular complexity index is 683. The van der Waals surface area contributed by atoms with Gasteiger partial charge in [-0.2, -0.15) is 4.98 Å². The Morgan fingerprint density at radius 1 is 1.57 bits per heavy atom. The number of nitrogens with zero attached hydrogens (tertiary/aromatic N) is 3. The molecule has 0 radical (unpaired) electrons. The first-order chi connectivity index (χ1) is 10.1. The van der Waals surface area contributed by atoms with Crippen LogP contribution in [0.5, 0.6) is 0 Å². The zero-order valence-electron chi connectivity index (χ0n) is 12.2. The van der Waals surface area contributed by atoms with Crippen LogP contribution in [0.25, 0.3) is 10.2 Å². The monoisotopic (exact) mass is 305 g/mol. The maximum Gasteiger partial charge on any atom is 0.225 e. The third-order valence-corrected chi connectivity index (χ3v) is 5.06. The molecule has 2 aromatic heterocycles. The van der Waals surface area contributed by atoms with E-state index in [4.69, 9.17) is 5.73 Å². The predicted molar refractivity (Wildman–Crippen MR) is 85.9 cm³/mol. The molecule has 1 saturated heterocycles. The fourth-order valence-electron chi connectivity index (χ4n) is 2.67. The molecular formula is C14H19N5OS. The summed E-state index contributed by atoms with van der Waals surface area (Å²) in [6.07, 6.45) is 1.78. The van der Waals surface area contributed by atoms with Gasteiger partial charge in [0, 0.05) is 25.0 Å². The number of primary amides is 1. The van der Waals surface area contributed by atoms with Gasteiger partial charge in [-0.05, 0) is 18.9 Å². The molecule has 0 aliphatic carbocycles. The Labute approximate surface area is 127 Å². The van der Waals surface area contributed by atoms with E-state index >= 15 is 0 Å². The quantitative estimate of drug-likeness (QED) is 0.896. The molecule has 3 rings (SSSR count). The summed E-state index contributed by atoms with van der Waals surface area (Å²) in [5.74, 6) is 1.21. The summed E-state index contributed by atoms with van der Waals surface area (Å²) >= 11 is 1.70. The molecule has 2 aromatic rings. The molecule has 1 amide bonds. The van der Waals surface area contributed by atoms with Crippen LogP contribution in [0.3, 0.4) is 0 Å². The Balaban J connectivity index is 2.04. The van der Waals surface area contributed by atoms with Crippen molar-refractivity contribution in [3.05, 3.63) is 10.9 Å². The van der Waals surface area contributed by atoms with Crippen molar-refractivity contribution in [2.75, 3.05) is 30.4 Å². The number of aromatic nitrogens is 2. The molecule has 7 heteroatoms.